The Morgan fingerprint density at radius 1 is 1.17 bits per heavy atom. The lowest BCUT2D eigenvalue weighted by atomic mass is 10.1. The Morgan fingerprint density at radius 3 is 2.48 bits per heavy atom. The summed E-state index contributed by atoms with van der Waals surface area (Å²) in [5, 5.41) is 4.02. The first-order chi connectivity index (χ1) is 11.0. The molecule has 0 saturated carbocycles. The molecule has 1 aromatic heterocycles. The molecule has 0 saturated heterocycles. The number of likely N-dealkylation sites (N-methyl/N-ethyl adjacent to an activating group) is 1. The number of benzene rings is 1. The molecule has 0 spiro atoms. The third-order valence-electron chi connectivity index (χ3n) is 3.90. The number of nitrogens with zero attached hydrogens (tertiary/aromatic N) is 3. The molecule has 0 unspecified atom stereocenters. The molecule has 0 aliphatic heterocycles. The Hall–Kier alpha value is -2.14. The summed E-state index contributed by atoms with van der Waals surface area (Å²) in [6, 6.07) is 7.94. The average Bonchev–Trinajstić information content (AvgIpc) is 2.89. The number of amides is 1. The first kappa shape index (κ1) is 17.2. The highest BCUT2D eigenvalue weighted by atomic mass is 16.5. The van der Waals surface area contributed by atoms with Crippen LogP contribution in [0, 0.1) is 13.8 Å². The van der Waals surface area contributed by atoms with Crippen LogP contribution in [-0.2, 0) is 6.42 Å². The van der Waals surface area contributed by atoms with Crippen LogP contribution in [0.5, 0.6) is 0 Å². The van der Waals surface area contributed by atoms with Gasteiger partial charge in [0, 0.05) is 18.8 Å². The maximum Gasteiger partial charge on any atom is 0.263 e. The molecule has 0 fully saturated rings. The SMILES string of the molecule is CCc1noc(C)c1C(=O)N(CCN(C)C)c1ccccc1C. The van der Waals surface area contributed by atoms with Crippen LogP contribution in [0.3, 0.4) is 0 Å². The van der Waals surface area contributed by atoms with Crippen LogP contribution >= 0.6 is 0 Å². The van der Waals surface area contributed by atoms with Crippen molar-refractivity contribution >= 4 is 11.6 Å². The Balaban J connectivity index is 2.42. The van der Waals surface area contributed by atoms with Crippen molar-refractivity contribution in [2.24, 2.45) is 0 Å². The number of hydrogen-bond donors (Lipinski definition) is 0. The van der Waals surface area contributed by atoms with Gasteiger partial charge < -0.3 is 14.3 Å². The minimum absolute atomic E-state index is 0.0447. The number of carbonyl (C=O) groups excluding carboxylic acids is 1. The zero-order chi connectivity index (χ0) is 17.0. The normalized spacial score (nSPS) is 11.0. The van der Waals surface area contributed by atoms with E-state index < -0.39 is 0 Å². The third-order valence-corrected chi connectivity index (χ3v) is 3.90. The number of para-hydroxylation sites is 1. The minimum Gasteiger partial charge on any atom is -0.361 e. The molecule has 1 aromatic carbocycles. The number of aromatic nitrogens is 1. The predicted molar refractivity (Wildman–Crippen MR) is 92.0 cm³/mol. The molecule has 5 heteroatoms. The van der Waals surface area contributed by atoms with Gasteiger partial charge in [0.2, 0.25) is 0 Å². The number of hydrogen-bond acceptors (Lipinski definition) is 4. The highest BCUT2D eigenvalue weighted by Crippen LogP contribution is 2.24. The number of carbonyl (C=O) groups is 1. The quantitative estimate of drug-likeness (QED) is 0.822. The lowest BCUT2D eigenvalue weighted by molar-refractivity contribution is 0.0983. The Labute approximate surface area is 137 Å². The van der Waals surface area contributed by atoms with E-state index in [4.69, 9.17) is 4.52 Å². The lowest BCUT2D eigenvalue weighted by Gasteiger charge is -2.26. The van der Waals surface area contributed by atoms with E-state index >= 15 is 0 Å². The summed E-state index contributed by atoms with van der Waals surface area (Å²) in [6.07, 6.45) is 0.674. The highest BCUT2D eigenvalue weighted by Gasteiger charge is 2.26. The maximum atomic E-state index is 13.2. The standard InChI is InChI=1S/C18H25N3O2/c1-6-15-17(14(3)23-19-15)18(22)21(12-11-20(4)5)16-10-8-7-9-13(16)2/h7-10H,6,11-12H2,1-5H3. The molecule has 23 heavy (non-hydrogen) atoms. The van der Waals surface area contributed by atoms with Gasteiger partial charge in [-0.15, -0.1) is 0 Å². The topological polar surface area (TPSA) is 49.6 Å². The van der Waals surface area contributed by atoms with Gasteiger partial charge in [-0.2, -0.15) is 0 Å². The molecule has 124 valence electrons. The van der Waals surface area contributed by atoms with E-state index in [9.17, 15) is 4.79 Å². The van der Waals surface area contributed by atoms with Gasteiger partial charge in [0.1, 0.15) is 11.3 Å². The molecule has 2 rings (SSSR count). The molecule has 2 aromatic rings. The highest BCUT2D eigenvalue weighted by molar-refractivity contribution is 6.07. The fourth-order valence-electron chi connectivity index (χ4n) is 2.57. The van der Waals surface area contributed by atoms with Gasteiger partial charge in [-0.1, -0.05) is 30.3 Å². The molecule has 0 radical (unpaired) electrons. The molecule has 5 nitrogen and oxygen atoms in total. The summed E-state index contributed by atoms with van der Waals surface area (Å²) in [4.78, 5) is 17.1. The van der Waals surface area contributed by atoms with Crippen molar-refractivity contribution in [3.63, 3.8) is 0 Å². The van der Waals surface area contributed by atoms with E-state index in [0.29, 0.717) is 24.3 Å². The monoisotopic (exact) mass is 315 g/mol. The molecule has 0 atom stereocenters. The van der Waals surface area contributed by atoms with Crippen molar-refractivity contribution in [1.82, 2.24) is 10.1 Å². The van der Waals surface area contributed by atoms with Crippen molar-refractivity contribution in [2.75, 3.05) is 32.1 Å². The van der Waals surface area contributed by atoms with Crippen molar-refractivity contribution in [3.05, 3.63) is 46.8 Å². The van der Waals surface area contributed by atoms with Crippen molar-refractivity contribution in [2.45, 2.75) is 27.2 Å². The summed E-state index contributed by atoms with van der Waals surface area (Å²) < 4.78 is 5.24. The van der Waals surface area contributed by atoms with E-state index in [2.05, 4.69) is 10.1 Å². The summed E-state index contributed by atoms with van der Waals surface area (Å²) in [5.41, 5.74) is 3.32. The largest absolute Gasteiger partial charge is 0.361 e. The second kappa shape index (κ2) is 7.42. The van der Waals surface area contributed by atoms with E-state index in [-0.39, 0.29) is 5.91 Å². The zero-order valence-electron chi connectivity index (χ0n) is 14.6. The van der Waals surface area contributed by atoms with Crippen LogP contribution in [0.15, 0.2) is 28.8 Å². The van der Waals surface area contributed by atoms with Gasteiger partial charge in [-0.25, -0.2) is 0 Å². The molecular weight excluding hydrogens is 290 g/mol. The van der Waals surface area contributed by atoms with Crippen molar-refractivity contribution in [3.8, 4) is 0 Å². The first-order valence-corrected chi connectivity index (χ1v) is 7.93. The molecule has 0 bridgehead atoms. The van der Waals surface area contributed by atoms with Crippen molar-refractivity contribution < 1.29 is 9.32 Å². The summed E-state index contributed by atoms with van der Waals surface area (Å²) in [5.74, 6) is 0.534. The Bertz CT molecular complexity index is 677. The van der Waals surface area contributed by atoms with Gasteiger partial charge in [-0.3, -0.25) is 4.79 Å². The smallest absolute Gasteiger partial charge is 0.263 e. The molecule has 0 N–H and O–H groups in total. The maximum absolute atomic E-state index is 13.2. The summed E-state index contributed by atoms with van der Waals surface area (Å²) in [7, 11) is 4.01. The van der Waals surface area contributed by atoms with Crippen LogP contribution in [-0.4, -0.2) is 43.1 Å². The van der Waals surface area contributed by atoms with Crippen LogP contribution in [0.4, 0.5) is 5.69 Å². The molecule has 1 heterocycles. The zero-order valence-corrected chi connectivity index (χ0v) is 14.6. The number of aryl methyl sites for hydroxylation is 3. The van der Waals surface area contributed by atoms with Gasteiger partial charge in [0.25, 0.3) is 5.91 Å². The van der Waals surface area contributed by atoms with E-state index in [1.807, 2.05) is 57.1 Å². The van der Waals surface area contributed by atoms with Gasteiger partial charge in [0.15, 0.2) is 0 Å². The van der Waals surface area contributed by atoms with Crippen LogP contribution in [0.1, 0.15) is 34.3 Å². The average molecular weight is 315 g/mol. The van der Waals surface area contributed by atoms with Gasteiger partial charge >= 0.3 is 0 Å². The second-order valence-corrected chi connectivity index (χ2v) is 5.96. The fourth-order valence-corrected chi connectivity index (χ4v) is 2.57. The van der Waals surface area contributed by atoms with Gasteiger partial charge in [-0.05, 0) is 46.0 Å². The van der Waals surface area contributed by atoms with E-state index in [1.165, 1.54) is 0 Å². The van der Waals surface area contributed by atoms with Crippen LogP contribution in [0.25, 0.3) is 0 Å². The second-order valence-electron chi connectivity index (χ2n) is 5.96. The predicted octanol–water partition coefficient (Wildman–Crippen LogP) is 3.06. The summed E-state index contributed by atoms with van der Waals surface area (Å²) >= 11 is 0. The third kappa shape index (κ3) is 3.79. The molecule has 0 aliphatic rings. The van der Waals surface area contributed by atoms with Crippen molar-refractivity contribution in [1.29, 1.82) is 0 Å². The van der Waals surface area contributed by atoms with Crippen LogP contribution in [0.2, 0.25) is 0 Å². The molecule has 1 amide bonds. The Kier molecular flexibility index (Phi) is 5.55. The minimum atomic E-state index is -0.0447. The van der Waals surface area contributed by atoms with Gasteiger partial charge in [0.05, 0.1) is 5.69 Å². The number of anilines is 1. The van der Waals surface area contributed by atoms with E-state index in [1.54, 1.807) is 6.92 Å². The van der Waals surface area contributed by atoms with Crippen LogP contribution < -0.4 is 4.90 Å². The molecular formula is C18H25N3O2. The summed E-state index contributed by atoms with van der Waals surface area (Å²) in [6.45, 7) is 7.19. The number of rotatable bonds is 6. The Morgan fingerprint density at radius 2 is 1.87 bits per heavy atom. The van der Waals surface area contributed by atoms with E-state index in [0.717, 1.165) is 23.5 Å². The lowest BCUT2D eigenvalue weighted by Crippen LogP contribution is -2.37. The fraction of sp³-hybridized carbons (Fsp3) is 0.444. The first-order valence-electron chi connectivity index (χ1n) is 7.93. The molecule has 0 aliphatic carbocycles.